The fourth-order valence-electron chi connectivity index (χ4n) is 1.90. The van der Waals surface area contributed by atoms with Crippen molar-refractivity contribution in [2.45, 2.75) is 85.9 Å². The van der Waals surface area contributed by atoms with E-state index in [1.54, 1.807) is 0 Å². The van der Waals surface area contributed by atoms with Crippen molar-refractivity contribution in [1.29, 1.82) is 0 Å². The summed E-state index contributed by atoms with van der Waals surface area (Å²) in [6, 6.07) is 0. The average molecular weight is 450 g/mol. The molecule has 0 saturated carbocycles. The van der Waals surface area contributed by atoms with Crippen LogP contribution in [-0.2, 0) is 0 Å². The Kier molecular flexibility index (Phi) is 12.6. The summed E-state index contributed by atoms with van der Waals surface area (Å²) in [6.45, 7) is 4.57. The number of hydrogen-bond donors (Lipinski definition) is 0. The van der Waals surface area contributed by atoms with E-state index in [0.717, 1.165) is 0 Å². The molecular weight excluding hydrogens is 422 g/mol. The summed E-state index contributed by atoms with van der Waals surface area (Å²) in [5.74, 6) is 0. The molecule has 0 aromatic rings. The van der Waals surface area contributed by atoms with E-state index >= 15 is 0 Å². The van der Waals surface area contributed by atoms with E-state index < -0.39 is 0 Å². The van der Waals surface area contributed by atoms with Gasteiger partial charge in [-0.2, -0.15) is 0 Å². The van der Waals surface area contributed by atoms with Crippen molar-refractivity contribution in [2.75, 3.05) is 0 Å². The SMILES string of the molecule is CCCCCCCCCC(I)(I)CCCC. The highest BCUT2D eigenvalue weighted by Gasteiger charge is 2.20. The first-order valence-electron chi connectivity index (χ1n) is 7.00. The highest BCUT2D eigenvalue weighted by atomic mass is 127. The maximum absolute atomic E-state index is 2.66. The van der Waals surface area contributed by atoms with Crippen LogP contribution in [0.5, 0.6) is 0 Å². The molecule has 16 heavy (non-hydrogen) atoms. The highest BCUT2D eigenvalue weighted by molar-refractivity contribution is 14.2. The summed E-state index contributed by atoms with van der Waals surface area (Å²) in [5, 5.41) is 0. The maximum atomic E-state index is 2.66. The second-order valence-corrected chi connectivity index (χ2v) is 11.0. The van der Waals surface area contributed by atoms with Gasteiger partial charge in [-0.1, -0.05) is 117 Å². The van der Waals surface area contributed by atoms with Crippen LogP contribution in [0.2, 0.25) is 0 Å². The third-order valence-corrected chi connectivity index (χ3v) is 5.20. The van der Waals surface area contributed by atoms with Crippen LogP contribution in [0.25, 0.3) is 0 Å². The molecule has 0 bridgehead atoms. The smallest absolute Gasteiger partial charge is 0.0672 e. The van der Waals surface area contributed by atoms with Gasteiger partial charge in [-0.05, 0) is 12.8 Å². The first-order chi connectivity index (χ1) is 7.62. The van der Waals surface area contributed by atoms with Crippen LogP contribution in [0.15, 0.2) is 0 Å². The molecule has 0 radical (unpaired) electrons. The van der Waals surface area contributed by atoms with Gasteiger partial charge >= 0.3 is 0 Å². The molecule has 0 aliphatic carbocycles. The molecule has 0 aromatic heterocycles. The molecule has 0 aliphatic rings. The summed E-state index contributed by atoms with van der Waals surface area (Å²) in [5.41, 5.74) is 0. The number of alkyl halides is 2. The summed E-state index contributed by atoms with van der Waals surface area (Å²) in [6.07, 6.45) is 15.6. The van der Waals surface area contributed by atoms with Crippen LogP contribution in [0.1, 0.15) is 84.5 Å². The Balaban J connectivity index is 3.29. The second-order valence-electron chi connectivity index (χ2n) is 4.83. The average Bonchev–Trinajstić information content (AvgIpc) is 2.25. The van der Waals surface area contributed by atoms with Gasteiger partial charge in [-0.15, -0.1) is 0 Å². The normalized spacial score (nSPS) is 12.0. The molecule has 0 heterocycles. The van der Waals surface area contributed by atoms with E-state index in [1.807, 2.05) is 0 Å². The Morgan fingerprint density at radius 3 is 1.62 bits per heavy atom. The largest absolute Gasteiger partial charge is 0.0734 e. The lowest BCUT2D eigenvalue weighted by atomic mass is 10.1. The van der Waals surface area contributed by atoms with E-state index in [1.165, 1.54) is 70.6 Å². The van der Waals surface area contributed by atoms with E-state index in [4.69, 9.17) is 0 Å². The highest BCUT2D eigenvalue weighted by Crippen LogP contribution is 2.38. The predicted molar refractivity (Wildman–Crippen MR) is 92.9 cm³/mol. The molecule has 0 nitrogen and oxygen atoms in total. The molecular formula is C14H28I2. The lowest BCUT2D eigenvalue weighted by Crippen LogP contribution is -2.10. The van der Waals surface area contributed by atoms with Crippen LogP contribution >= 0.6 is 45.2 Å². The topological polar surface area (TPSA) is 0 Å². The second kappa shape index (κ2) is 11.5. The Hall–Kier alpha value is 1.46. The monoisotopic (exact) mass is 450 g/mol. The molecule has 0 saturated heterocycles. The maximum Gasteiger partial charge on any atom is 0.0734 e. The molecule has 0 spiro atoms. The number of hydrogen-bond acceptors (Lipinski definition) is 0. The summed E-state index contributed by atoms with van der Waals surface area (Å²) < 4.78 is 0.537. The van der Waals surface area contributed by atoms with Crippen molar-refractivity contribution < 1.29 is 0 Å². The molecule has 0 amide bonds. The molecule has 0 unspecified atom stereocenters. The number of halogens is 2. The van der Waals surface area contributed by atoms with E-state index in [2.05, 4.69) is 59.0 Å². The van der Waals surface area contributed by atoms with E-state index in [-0.39, 0.29) is 0 Å². The first kappa shape index (κ1) is 17.5. The van der Waals surface area contributed by atoms with E-state index in [9.17, 15) is 0 Å². The fraction of sp³-hybridized carbons (Fsp3) is 1.00. The van der Waals surface area contributed by atoms with Gasteiger partial charge in [0, 0.05) is 0 Å². The van der Waals surface area contributed by atoms with Gasteiger partial charge in [0.1, 0.15) is 0 Å². The van der Waals surface area contributed by atoms with Gasteiger partial charge in [0.05, 0.1) is 1.43 Å². The fourth-order valence-corrected chi connectivity index (χ4v) is 3.43. The van der Waals surface area contributed by atoms with Crippen molar-refractivity contribution in [1.82, 2.24) is 0 Å². The minimum Gasteiger partial charge on any atom is -0.0672 e. The number of unbranched alkanes of at least 4 members (excludes halogenated alkanes) is 7. The molecule has 0 rings (SSSR count). The van der Waals surface area contributed by atoms with Gasteiger partial charge < -0.3 is 0 Å². The predicted octanol–water partition coefficient (Wildman–Crippen LogP) is 6.88. The summed E-state index contributed by atoms with van der Waals surface area (Å²) in [7, 11) is 0. The minimum atomic E-state index is 0.537. The zero-order valence-electron chi connectivity index (χ0n) is 11.0. The summed E-state index contributed by atoms with van der Waals surface area (Å²) in [4.78, 5) is 0. The van der Waals surface area contributed by atoms with Crippen molar-refractivity contribution in [3.63, 3.8) is 0 Å². The number of rotatable bonds is 11. The van der Waals surface area contributed by atoms with E-state index in [0.29, 0.717) is 1.43 Å². The van der Waals surface area contributed by atoms with Crippen molar-refractivity contribution in [3.05, 3.63) is 0 Å². The van der Waals surface area contributed by atoms with Crippen molar-refractivity contribution in [3.8, 4) is 0 Å². The Bertz CT molecular complexity index is 144. The zero-order valence-corrected chi connectivity index (χ0v) is 15.3. The molecule has 0 aliphatic heterocycles. The molecule has 0 fully saturated rings. The van der Waals surface area contributed by atoms with Gasteiger partial charge in [0.15, 0.2) is 0 Å². The minimum absolute atomic E-state index is 0.537. The van der Waals surface area contributed by atoms with Crippen LogP contribution in [0, 0.1) is 0 Å². The standard InChI is InChI=1S/C14H28I2/c1-3-5-7-8-9-10-11-13-14(15,16)12-6-4-2/h3-13H2,1-2H3. The lowest BCUT2D eigenvalue weighted by Gasteiger charge is -2.20. The molecule has 2 heteroatoms. The summed E-state index contributed by atoms with van der Waals surface area (Å²) >= 11 is 5.32. The molecule has 0 N–H and O–H groups in total. The molecule has 98 valence electrons. The Morgan fingerprint density at radius 1 is 0.625 bits per heavy atom. The van der Waals surface area contributed by atoms with Gasteiger partial charge in [-0.3, -0.25) is 0 Å². The van der Waals surface area contributed by atoms with Crippen LogP contribution in [-0.4, -0.2) is 1.43 Å². The van der Waals surface area contributed by atoms with Crippen LogP contribution < -0.4 is 0 Å². The lowest BCUT2D eigenvalue weighted by molar-refractivity contribution is 0.555. The zero-order chi connectivity index (χ0) is 12.3. The van der Waals surface area contributed by atoms with Crippen molar-refractivity contribution >= 4 is 45.2 Å². The third kappa shape index (κ3) is 11.9. The first-order valence-corrected chi connectivity index (χ1v) is 9.16. The Labute approximate surface area is 130 Å². The van der Waals surface area contributed by atoms with Crippen LogP contribution in [0.3, 0.4) is 0 Å². The molecule has 0 aromatic carbocycles. The third-order valence-electron chi connectivity index (χ3n) is 3.04. The quantitative estimate of drug-likeness (QED) is 0.183. The van der Waals surface area contributed by atoms with Gasteiger partial charge in [-0.25, -0.2) is 0 Å². The molecule has 0 atom stereocenters. The van der Waals surface area contributed by atoms with Crippen LogP contribution in [0.4, 0.5) is 0 Å². The van der Waals surface area contributed by atoms with Gasteiger partial charge in [0.25, 0.3) is 0 Å². The Morgan fingerprint density at radius 2 is 1.06 bits per heavy atom. The van der Waals surface area contributed by atoms with Gasteiger partial charge in [0.2, 0.25) is 0 Å². The van der Waals surface area contributed by atoms with Crippen molar-refractivity contribution in [2.24, 2.45) is 0 Å².